The first-order valence-corrected chi connectivity index (χ1v) is 20.4. The van der Waals surface area contributed by atoms with Crippen LogP contribution in [0.5, 0.6) is 0 Å². The number of benzene rings is 4. The normalized spacial score (nSPS) is 18.1. The van der Waals surface area contributed by atoms with Crippen molar-refractivity contribution in [3.8, 4) is 0 Å². The molecule has 1 unspecified atom stereocenters. The molecular formula is C38H33Br2N2O3S3+. The Balaban J connectivity index is 1.26. The second kappa shape index (κ2) is 14.1. The summed E-state index contributed by atoms with van der Waals surface area (Å²) in [6, 6.07) is 30.0. The van der Waals surface area contributed by atoms with Crippen LogP contribution in [-0.4, -0.2) is 19.5 Å². The van der Waals surface area contributed by atoms with E-state index >= 15 is 0 Å². The number of nitrogens with zero attached hydrogens (tertiary/aromatic N) is 2. The molecule has 10 heteroatoms. The van der Waals surface area contributed by atoms with Gasteiger partial charge >= 0.3 is 0 Å². The minimum Gasteiger partial charge on any atom is -0.335 e. The van der Waals surface area contributed by atoms with Gasteiger partial charge in [-0.25, -0.2) is 0 Å². The van der Waals surface area contributed by atoms with Gasteiger partial charge in [-0.2, -0.15) is 13.0 Å². The molecule has 1 N–H and O–H groups in total. The minimum absolute atomic E-state index is 0.0653. The van der Waals surface area contributed by atoms with Gasteiger partial charge in [-0.1, -0.05) is 116 Å². The average molecular weight is 822 g/mol. The molecule has 4 aromatic carbocycles. The largest absolute Gasteiger partial charge is 0.335 e. The van der Waals surface area contributed by atoms with E-state index in [1.807, 2.05) is 17.8 Å². The van der Waals surface area contributed by atoms with Crippen LogP contribution in [0.2, 0.25) is 0 Å². The number of hydrogen-bond donors (Lipinski definition) is 1. The zero-order chi connectivity index (χ0) is 33.4. The predicted octanol–water partition coefficient (Wildman–Crippen LogP) is 10.4. The van der Waals surface area contributed by atoms with Gasteiger partial charge in [0.05, 0.1) is 10.7 Å². The van der Waals surface area contributed by atoms with Crippen LogP contribution in [0, 0.1) is 5.92 Å². The van der Waals surface area contributed by atoms with Crippen molar-refractivity contribution in [1.29, 1.82) is 0 Å². The summed E-state index contributed by atoms with van der Waals surface area (Å²) >= 11 is 10.8. The molecule has 0 amide bonds. The van der Waals surface area contributed by atoms with Crippen LogP contribution in [0.15, 0.2) is 138 Å². The summed E-state index contributed by atoms with van der Waals surface area (Å²) in [4.78, 5) is 3.65. The van der Waals surface area contributed by atoms with Crippen molar-refractivity contribution in [2.24, 2.45) is 5.92 Å². The Hall–Kier alpha value is -2.99. The van der Waals surface area contributed by atoms with Crippen molar-refractivity contribution in [2.45, 2.75) is 42.5 Å². The Morgan fingerprint density at radius 1 is 0.938 bits per heavy atom. The van der Waals surface area contributed by atoms with Gasteiger partial charge in [0.1, 0.15) is 9.60 Å². The van der Waals surface area contributed by atoms with Crippen molar-refractivity contribution in [3.63, 3.8) is 0 Å². The number of halogens is 2. The van der Waals surface area contributed by atoms with Crippen LogP contribution in [0.4, 0.5) is 5.69 Å². The highest BCUT2D eigenvalue weighted by atomic mass is 79.9. The van der Waals surface area contributed by atoms with E-state index in [0.29, 0.717) is 18.0 Å². The Bertz CT molecular complexity index is 2230. The van der Waals surface area contributed by atoms with Crippen molar-refractivity contribution < 1.29 is 17.5 Å². The van der Waals surface area contributed by atoms with Crippen molar-refractivity contribution in [2.75, 3.05) is 11.4 Å². The Morgan fingerprint density at radius 2 is 1.69 bits per heavy atom. The lowest BCUT2D eigenvalue weighted by atomic mass is 9.87. The number of thioether (sulfide) groups is 1. The molecule has 1 aliphatic heterocycles. The van der Waals surface area contributed by atoms with E-state index in [1.165, 1.54) is 38.4 Å². The summed E-state index contributed by atoms with van der Waals surface area (Å²) in [6.45, 7) is 3.50. The molecule has 1 atom stereocenters. The van der Waals surface area contributed by atoms with Gasteiger partial charge in [0.25, 0.3) is 15.1 Å². The van der Waals surface area contributed by atoms with Gasteiger partial charge in [0.15, 0.2) is 6.54 Å². The first kappa shape index (κ1) is 33.5. The molecule has 0 saturated heterocycles. The van der Waals surface area contributed by atoms with E-state index in [9.17, 15) is 13.0 Å². The van der Waals surface area contributed by atoms with E-state index in [0.717, 1.165) is 50.0 Å². The van der Waals surface area contributed by atoms with Gasteiger partial charge in [-0.05, 0) is 84.4 Å². The van der Waals surface area contributed by atoms with E-state index in [2.05, 4.69) is 127 Å². The molecule has 5 nitrogen and oxygen atoms in total. The first-order valence-electron chi connectivity index (χ1n) is 15.7. The van der Waals surface area contributed by atoms with Crippen LogP contribution in [0.1, 0.15) is 35.9 Å². The number of hydrogen-bond acceptors (Lipinski definition) is 5. The highest BCUT2D eigenvalue weighted by Crippen LogP contribution is 2.48. The van der Waals surface area contributed by atoms with Crippen molar-refractivity contribution in [1.82, 2.24) is 0 Å². The lowest BCUT2D eigenvalue weighted by molar-refractivity contribution is -0.660. The quantitative estimate of drug-likeness (QED) is 0.125. The molecule has 0 radical (unpaired) electrons. The summed E-state index contributed by atoms with van der Waals surface area (Å²) in [5.41, 5.74) is 6.64. The van der Waals surface area contributed by atoms with Crippen LogP contribution in [0.3, 0.4) is 0 Å². The highest BCUT2D eigenvalue weighted by Gasteiger charge is 2.28. The Morgan fingerprint density at radius 3 is 2.50 bits per heavy atom. The van der Waals surface area contributed by atoms with E-state index in [-0.39, 0.29) is 4.90 Å². The molecule has 0 saturated carbocycles. The summed E-state index contributed by atoms with van der Waals surface area (Å²) < 4.78 is 39.7. The molecule has 0 spiro atoms. The average Bonchev–Trinajstić information content (AvgIpc) is 3.55. The lowest BCUT2D eigenvalue weighted by Crippen LogP contribution is -2.36. The number of anilines is 1. The monoisotopic (exact) mass is 819 g/mol. The van der Waals surface area contributed by atoms with Crippen molar-refractivity contribution >= 4 is 87.1 Å². The van der Waals surface area contributed by atoms with Gasteiger partial charge in [0.2, 0.25) is 5.52 Å². The summed E-state index contributed by atoms with van der Waals surface area (Å²) in [5, 5.41) is 2.26. The number of thiazole rings is 1. The van der Waals surface area contributed by atoms with E-state index in [4.69, 9.17) is 0 Å². The van der Waals surface area contributed by atoms with Crippen LogP contribution in [0.25, 0.3) is 16.3 Å². The van der Waals surface area contributed by atoms with E-state index < -0.39 is 10.1 Å². The maximum absolute atomic E-state index is 12.2. The SMILES string of the molecule is CC1CC(C=C2Sc3ccc(Br)cc3N2CCc2ccccc2)=CC(=Cc2sc3ccc(Br)cc3[n+]2Cc2ccccc2S(=O)(=O)O)C1. The highest BCUT2D eigenvalue weighted by molar-refractivity contribution is 9.10. The number of fused-ring (bicyclic) bond motifs is 2. The van der Waals surface area contributed by atoms with Crippen molar-refractivity contribution in [3.05, 3.63) is 144 Å². The second-order valence-electron chi connectivity index (χ2n) is 12.3. The van der Waals surface area contributed by atoms with Gasteiger partial charge in [-0.15, -0.1) is 0 Å². The molecule has 0 bridgehead atoms. The number of aromatic nitrogens is 1. The first-order chi connectivity index (χ1) is 23.1. The fraction of sp³-hybridized carbons (Fsp3) is 0.184. The minimum atomic E-state index is -4.37. The summed E-state index contributed by atoms with van der Waals surface area (Å²) in [5.74, 6) is 0.464. The Labute approximate surface area is 306 Å². The van der Waals surface area contributed by atoms with Gasteiger partial charge in [-0.3, -0.25) is 4.55 Å². The van der Waals surface area contributed by atoms with Gasteiger partial charge in [0, 0.05) is 38.1 Å². The molecule has 2 heterocycles. The fourth-order valence-corrected chi connectivity index (χ4v) is 10.1. The third kappa shape index (κ3) is 7.44. The summed E-state index contributed by atoms with van der Waals surface area (Å²) in [6.07, 6.45) is 9.85. The molecule has 5 aromatic rings. The zero-order valence-corrected chi connectivity index (χ0v) is 31.8. The smallest absolute Gasteiger partial charge is 0.295 e. The third-order valence-electron chi connectivity index (χ3n) is 8.59. The van der Waals surface area contributed by atoms with Crippen LogP contribution >= 0.6 is 55.0 Å². The molecule has 48 heavy (non-hydrogen) atoms. The fourth-order valence-electron chi connectivity index (χ4n) is 6.45. The molecule has 2 aliphatic rings. The molecule has 0 fully saturated rings. The van der Waals surface area contributed by atoms with Gasteiger partial charge < -0.3 is 4.90 Å². The molecule has 244 valence electrons. The van der Waals surface area contributed by atoms with Crippen LogP contribution < -0.4 is 9.47 Å². The van der Waals surface area contributed by atoms with E-state index in [1.54, 1.807) is 29.5 Å². The molecule has 1 aliphatic carbocycles. The second-order valence-corrected chi connectivity index (χ2v) is 17.6. The molecular weight excluding hydrogens is 788 g/mol. The topological polar surface area (TPSA) is 61.5 Å². The molecule has 7 rings (SSSR count). The number of allylic oxidation sites excluding steroid dienone is 4. The maximum Gasteiger partial charge on any atom is 0.295 e. The number of rotatable bonds is 8. The third-order valence-corrected chi connectivity index (χ3v) is 12.8. The van der Waals surface area contributed by atoms with Crippen LogP contribution in [-0.2, 0) is 23.1 Å². The predicted molar refractivity (Wildman–Crippen MR) is 205 cm³/mol. The lowest BCUT2D eigenvalue weighted by Gasteiger charge is -2.23. The Kier molecular flexibility index (Phi) is 9.84. The molecule has 1 aromatic heterocycles. The summed E-state index contributed by atoms with van der Waals surface area (Å²) in [7, 11) is -4.37. The standard InChI is InChI=1S/C38H32Br2N2O3S3/c1-25-17-27(20-37-41(16-15-26-7-3-2-4-8-26)32-22-30(39)11-13-34(32)46-37)19-28(18-25)21-38-42(33-23-31(40)12-14-35(33)47-38)24-29-9-5-6-10-36(29)48(43,44)45/h2-14,19-23,25H,15-18,24H2,1H3/p+1. The maximum atomic E-state index is 12.2. The zero-order valence-electron chi connectivity index (χ0n) is 26.1.